The number of hydrogen-bond acceptors (Lipinski definition) is 3. The van der Waals surface area contributed by atoms with E-state index in [-0.39, 0.29) is 0 Å². The molecule has 3 nitrogen and oxygen atoms in total. The highest BCUT2D eigenvalue weighted by Gasteiger charge is 2.12. The van der Waals surface area contributed by atoms with Crippen molar-refractivity contribution < 1.29 is 4.84 Å². The molecule has 0 aliphatic heterocycles. The van der Waals surface area contributed by atoms with Crippen LogP contribution in [0.5, 0.6) is 0 Å². The maximum atomic E-state index is 6.13. The van der Waals surface area contributed by atoms with E-state index >= 15 is 0 Å². The Bertz CT molecular complexity index is 833. The zero-order valence-corrected chi connectivity index (χ0v) is 13.8. The molecule has 0 heterocycles. The Morgan fingerprint density at radius 3 is 2.29 bits per heavy atom. The maximum absolute atomic E-state index is 6.13. The van der Waals surface area contributed by atoms with Crippen molar-refractivity contribution in [3.05, 3.63) is 101 Å². The summed E-state index contributed by atoms with van der Waals surface area (Å²) in [5.41, 5.74) is 10.1. The van der Waals surface area contributed by atoms with Gasteiger partial charge in [-0.3, -0.25) is 0 Å². The van der Waals surface area contributed by atoms with Crippen molar-refractivity contribution in [2.45, 2.75) is 6.61 Å². The van der Waals surface area contributed by atoms with Crippen LogP contribution in [0.1, 0.15) is 16.7 Å². The average molecular weight is 337 g/mol. The first-order valence-electron chi connectivity index (χ1n) is 7.59. The van der Waals surface area contributed by atoms with E-state index in [1.807, 2.05) is 60.7 Å². The van der Waals surface area contributed by atoms with E-state index in [0.29, 0.717) is 23.0 Å². The van der Waals surface area contributed by atoms with Gasteiger partial charge in [-0.15, -0.1) is 0 Å². The van der Waals surface area contributed by atoms with E-state index in [4.69, 9.17) is 22.2 Å². The van der Waals surface area contributed by atoms with Gasteiger partial charge < -0.3 is 10.6 Å². The van der Waals surface area contributed by atoms with Gasteiger partial charge in [0.15, 0.2) is 0 Å². The average Bonchev–Trinajstić information content (AvgIpc) is 2.63. The highest BCUT2D eigenvalue weighted by atomic mass is 35.5. The standard InChI is InChI=1S/C20H17ClN2O/c21-17-11-12-19(22)18(13-17)20(16-9-5-2-6-10-16)23-24-14-15-7-3-1-4-8-15/h1-13H,14,22H2/b23-20+. The lowest BCUT2D eigenvalue weighted by atomic mass is 10.0. The molecule has 3 rings (SSSR count). The third-order valence-electron chi connectivity index (χ3n) is 3.55. The molecule has 3 aromatic carbocycles. The largest absolute Gasteiger partial charge is 0.398 e. The summed E-state index contributed by atoms with van der Waals surface area (Å²) in [6.45, 7) is 0.387. The molecule has 0 amide bonds. The van der Waals surface area contributed by atoms with Crippen LogP contribution in [0.4, 0.5) is 5.69 Å². The maximum Gasteiger partial charge on any atom is 0.142 e. The third-order valence-corrected chi connectivity index (χ3v) is 3.78. The summed E-state index contributed by atoms with van der Waals surface area (Å²) in [5.74, 6) is 0. The molecule has 0 spiro atoms. The van der Waals surface area contributed by atoms with Crippen LogP contribution in [-0.4, -0.2) is 5.71 Å². The lowest BCUT2D eigenvalue weighted by Gasteiger charge is -2.10. The summed E-state index contributed by atoms with van der Waals surface area (Å²) in [4.78, 5) is 5.57. The third kappa shape index (κ3) is 3.94. The van der Waals surface area contributed by atoms with Crippen LogP contribution in [0, 0.1) is 0 Å². The summed E-state index contributed by atoms with van der Waals surface area (Å²) in [5, 5.41) is 4.94. The first-order valence-corrected chi connectivity index (χ1v) is 7.96. The second kappa shape index (κ2) is 7.66. The molecule has 0 fully saturated rings. The second-order valence-corrected chi connectivity index (χ2v) is 5.73. The van der Waals surface area contributed by atoms with E-state index in [2.05, 4.69) is 5.16 Å². The van der Waals surface area contributed by atoms with Crippen molar-refractivity contribution >= 4 is 23.0 Å². The van der Waals surface area contributed by atoms with Crippen LogP contribution >= 0.6 is 11.6 Å². The molecule has 0 bridgehead atoms. The molecule has 0 aliphatic rings. The van der Waals surface area contributed by atoms with Crippen LogP contribution < -0.4 is 5.73 Å². The van der Waals surface area contributed by atoms with E-state index in [1.54, 1.807) is 18.2 Å². The van der Waals surface area contributed by atoms with Gasteiger partial charge in [-0.25, -0.2) is 0 Å². The first-order chi connectivity index (χ1) is 11.7. The quantitative estimate of drug-likeness (QED) is 0.409. The molecule has 0 radical (unpaired) electrons. The van der Waals surface area contributed by atoms with Crippen molar-refractivity contribution in [2.75, 3.05) is 5.73 Å². The fourth-order valence-electron chi connectivity index (χ4n) is 2.33. The number of nitrogens with zero attached hydrogens (tertiary/aromatic N) is 1. The molecule has 0 aliphatic carbocycles. The Morgan fingerprint density at radius 2 is 1.58 bits per heavy atom. The molecule has 0 unspecified atom stereocenters. The Labute approximate surface area is 146 Å². The Balaban J connectivity index is 1.93. The van der Waals surface area contributed by atoms with E-state index in [0.717, 1.165) is 16.7 Å². The van der Waals surface area contributed by atoms with Gasteiger partial charge in [-0.05, 0) is 23.8 Å². The highest BCUT2D eigenvalue weighted by molar-refractivity contribution is 6.31. The minimum absolute atomic E-state index is 0.387. The predicted molar refractivity (Wildman–Crippen MR) is 99.2 cm³/mol. The second-order valence-electron chi connectivity index (χ2n) is 5.30. The zero-order chi connectivity index (χ0) is 16.8. The van der Waals surface area contributed by atoms with E-state index in [1.165, 1.54) is 0 Å². The van der Waals surface area contributed by atoms with Crippen LogP contribution in [0.25, 0.3) is 0 Å². The smallest absolute Gasteiger partial charge is 0.142 e. The Morgan fingerprint density at radius 1 is 0.917 bits per heavy atom. The molecular formula is C20H17ClN2O. The van der Waals surface area contributed by atoms with Crippen LogP contribution in [-0.2, 0) is 11.4 Å². The molecule has 0 saturated heterocycles. The normalized spacial score (nSPS) is 11.3. The summed E-state index contributed by atoms with van der Waals surface area (Å²) < 4.78 is 0. The molecule has 0 saturated carbocycles. The van der Waals surface area contributed by atoms with Crippen molar-refractivity contribution in [1.82, 2.24) is 0 Å². The number of halogens is 1. The molecule has 0 aromatic heterocycles. The molecular weight excluding hydrogens is 320 g/mol. The minimum Gasteiger partial charge on any atom is -0.398 e. The topological polar surface area (TPSA) is 47.6 Å². The Hall–Kier alpha value is -2.78. The van der Waals surface area contributed by atoms with Gasteiger partial charge in [0.25, 0.3) is 0 Å². The first kappa shape index (κ1) is 16.1. The number of rotatable bonds is 5. The minimum atomic E-state index is 0.387. The van der Waals surface area contributed by atoms with Crippen molar-refractivity contribution in [1.29, 1.82) is 0 Å². The van der Waals surface area contributed by atoms with Gasteiger partial charge in [-0.1, -0.05) is 77.4 Å². The monoisotopic (exact) mass is 336 g/mol. The summed E-state index contributed by atoms with van der Waals surface area (Å²) in [6, 6.07) is 25.0. The van der Waals surface area contributed by atoms with Gasteiger partial charge in [0, 0.05) is 21.8 Å². The van der Waals surface area contributed by atoms with Gasteiger partial charge >= 0.3 is 0 Å². The number of nitrogens with two attached hydrogens (primary N) is 1. The van der Waals surface area contributed by atoms with Crippen molar-refractivity contribution in [3.8, 4) is 0 Å². The Kier molecular flexibility index (Phi) is 5.14. The molecule has 120 valence electrons. The fraction of sp³-hybridized carbons (Fsp3) is 0.0500. The lowest BCUT2D eigenvalue weighted by molar-refractivity contribution is 0.131. The molecule has 4 heteroatoms. The molecule has 3 aromatic rings. The SMILES string of the molecule is Nc1ccc(Cl)cc1/C(=N/OCc1ccccc1)c1ccccc1. The van der Waals surface area contributed by atoms with E-state index in [9.17, 15) is 0 Å². The number of nitrogen functional groups attached to an aromatic ring is 1. The molecule has 0 atom stereocenters. The van der Waals surface area contributed by atoms with Gasteiger partial charge in [-0.2, -0.15) is 0 Å². The van der Waals surface area contributed by atoms with Gasteiger partial charge in [0.2, 0.25) is 0 Å². The fourth-order valence-corrected chi connectivity index (χ4v) is 2.50. The van der Waals surface area contributed by atoms with Crippen LogP contribution in [0.3, 0.4) is 0 Å². The summed E-state index contributed by atoms with van der Waals surface area (Å²) >= 11 is 6.13. The predicted octanol–water partition coefficient (Wildman–Crippen LogP) is 4.89. The molecule has 24 heavy (non-hydrogen) atoms. The van der Waals surface area contributed by atoms with Gasteiger partial charge in [0.05, 0.1) is 0 Å². The highest BCUT2D eigenvalue weighted by Crippen LogP contribution is 2.22. The van der Waals surface area contributed by atoms with Crippen LogP contribution in [0.15, 0.2) is 84.0 Å². The summed E-state index contributed by atoms with van der Waals surface area (Å²) in [7, 11) is 0. The van der Waals surface area contributed by atoms with Crippen molar-refractivity contribution in [2.24, 2.45) is 5.16 Å². The number of oxime groups is 1. The lowest BCUT2D eigenvalue weighted by Crippen LogP contribution is -2.08. The zero-order valence-electron chi connectivity index (χ0n) is 13.0. The number of benzene rings is 3. The summed E-state index contributed by atoms with van der Waals surface area (Å²) in [6.07, 6.45) is 0. The van der Waals surface area contributed by atoms with Crippen LogP contribution in [0.2, 0.25) is 5.02 Å². The van der Waals surface area contributed by atoms with Gasteiger partial charge in [0.1, 0.15) is 12.3 Å². The van der Waals surface area contributed by atoms with Crippen molar-refractivity contribution in [3.63, 3.8) is 0 Å². The number of hydrogen-bond donors (Lipinski definition) is 1. The molecule has 2 N–H and O–H groups in total. The number of anilines is 1. The van der Waals surface area contributed by atoms with E-state index < -0.39 is 0 Å².